The Balaban J connectivity index is 2.30. The van der Waals surface area contributed by atoms with Crippen molar-refractivity contribution in [1.82, 2.24) is 9.88 Å². The first-order chi connectivity index (χ1) is 10.9. The van der Waals surface area contributed by atoms with E-state index in [4.69, 9.17) is 34.8 Å². The molecule has 1 amide bonds. The van der Waals surface area contributed by atoms with Gasteiger partial charge in [-0.3, -0.25) is 4.79 Å². The number of nitrogens with one attached hydrogen (secondary N) is 1. The molecule has 8 heteroatoms. The number of nitrogens with zero attached hydrogens (tertiary/aromatic N) is 2. The SMILES string of the molecule is CCN(CC)C(=O)c1sc(Nc2c(Cl)cc(Cl)cc2Cl)nc1C. The van der Waals surface area contributed by atoms with Crippen molar-refractivity contribution >= 4 is 62.9 Å². The molecule has 23 heavy (non-hydrogen) atoms. The maximum atomic E-state index is 12.5. The summed E-state index contributed by atoms with van der Waals surface area (Å²) in [5, 5.41) is 4.88. The van der Waals surface area contributed by atoms with Gasteiger partial charge in [-0.1, -0.05) is 46.1 Å². The largest absolute Gasteiger partial charge is 0.338 e. The summed E-state index contributed by atoms with van der Waals surface area (Å²) in [4.78, 5) is 19.2. The number of halogens is 3. The highest BCUT2D eigenvalue weighted by Gasteiger charge is 2.20. The Labute approximate surface area is 154 Å². The topological polar surface area (TPSA) is 45.2 Å². The second-order valence-electron chi connectivity index (χ2n) is 4.78. The van der Waals surface area contributed by atoms with Gasteiger partial charge in [0, 0.05) is 18.1 Å². The van der Waals surface area contributed by atoms with E-state index in [1.807, 2.05) is 20.8 Å². The van der Waals surface area contributed by atoms with Crippen LogP contribution in [0, 0.1) is 6.92 Å². The molecule has 0 atom stereocenters. The maximum Gasteiger partial charge on any atom is 0.265 e. The minimum absolute atomic E-state index is 0.0219. The molecule has 0 radical (unpaired) electrons. The van der Waals surface area contributed by atoms with Crippen molar-refractivity contribution in [1.29, 1.82) is 0 Å². The summed E-state index contributed by atoms with van der Waals surface area (Å²) < 4.78 is 0. The van der Waals surface area contributed by atoms with Crippen LogP contribution in [0.1, 0.15) is 29.2 Å². The van der Waals surface area contributed by atoms with Crippen molar-refractivity contribution in [3.05, 3.63) is 37.8 Å². The fourth-order valence-corrected chi connectivity index (χ4v) is 3.92. The number of hydrogen-bond donors (Lipinski definition) is 1. The number of carbonyl (C=O) groups excluding carboxylic acids is 1. The van der Waals surface area contributed by atoms with Crippen LogP contribution in [0.15, 0.2) is 12.1 Å². The van der Waals surface area contributed by atoms with Crippen LogP contribution in [0.5, 0.6) is 0 Å². The molecule has 1 aromatic carbocycles. The standard InChI is InChI=1S/C15H16Cl3N3OS/c1-4-21(5-2)14(22)13-8(3)19-15(23-13)20-12-10(17)6-9(16)7-11(12)18/h6-7H,4-5H2,1-3H3,(H,19,20). The maximum absolute atomic E-state index is 12.5. The van der Waals surface area contributed by atoms with E-state index in [0.29, 0.717) is 49.5 Å². The smallest absolute Gasteiger partial charge is 0.265 e. The lowest BCUT2D eigenvalue weighted by Crippen LogP contribution is -2.30. The Morgan fingerprint density at radius 2 is 1.78 bits per heavy atom. The molecule has 2 rings (SSSR count). The monoisotopic (exact) mass is 391 g/mol. The third-order valence-electron chi connectivity index (χ3n) is 3.28. The lowest BCUT2D eigenvalue weighted by molar-refractivity contribution is 0.0777. The van der Waals surface area contributed by atoms with Gasteiger partial charge in [0.2, 0.25) is 0 Å². The molecule has 2 aromatic rings. The first-order valence-corrected chi connectivity index (χ1v) is 9.00. The van der Waals surface area contributed by atoms with E-state index in [0.717, 1.165) is 0 Å². The molecular weight excluding hydrogens is 377 g/mol. The first kappa shape index (κ1) is 18.3. The van der Waals surface area contributed by atoms with E-state index in [-0.39, 0.29) is 5.91 Å². The highest BCUT2D eigenvalue weighted by atomic mass is 35.5. The van der Waals surface area contributed by atoms with Gasteiger partial charge < -0.3 is 10.2 Å². The molecule has 0 aliphatic rings. The molecule has 1 aromatic heterocycles. The Kier molecular flexibility index (Phi) is 6.14. The molecule has 0 spiro atoms. The molecule has 0 unspecified atom stereocenters. The molecule has 0 aliphatic carbocycles. The van der Waals surface area contributed by atoms with Crippen molar-refractivity contribution < 1.29 is 4.79 Å². The van der Waals surface area contributed by atoms with Crippen LogP contribution in [0.2, 0.25) is 15.1 Å². The minimum Gasteiger partial charge on any atom is -0.338 e. The summed E-state index contributed by atoms with van der Waals surface area (Å²) in [6.07, 6.45) is 0. The van der Waals surface area contributed by atoms with Crippen LogP contribution < -0.4 is 5.32 Å². The predicted molar refractivity (Wildman–Crippen MR) is 98.9 cm³/mol. The average Bonchev–Trinajstić information content (AvgIpc) is 2.84. The fourth-order valence-electron chi connectivity index (χ4n) is 2.07. The number of hydrogen-bond acceptors (Lipinski definition) is 4. The molecule has 0 bridgehead atoms. The summed E-state index contributed by atoms with van der Waals surface area (Å²) in [6.45, 7) is 7.02. The lowest BCUT2D eigenvalue weighted by atomic mass is 10.3. The second kappa shape index (κ2) is 7.71. The van der Waals surface area contributed by atoms with Gasteiger partial charge in [-0.2, -0.15) is 0 Å². The normalized spacial score (nSPS) is 10.7. The lowest BCUT2D eigenvalue weighted by Gasteiger charge is -2.17. The van der Waals surface area contributed by atoms with E-state index in [1.165, 1.54) is 11.3 Å². The fraction of sp³-hybridized carbons (Fsp3) is 0.333. The van der Waals surface area contributed by atoms with Crippen molar-refractivity contribution in [2.75, 3.05) is 18.4 Å². The number of anilines is 2. The van der Waals surface area contributed by atoms with Gasteiger partial charge in [0.1, 0.15) is 4.88 Å². The van der Waals surface area contributed by atoms with E-state index >= 15 is 0 Å². The summed E-state index contributed by atoms with van der Waals surface area (Å²) in [5.41, 5.74) is 1.20. The van der Waals surface area contributed by atoms with E-state index in [9.17, 15) is 4.79 Å². The van der Waals surface area contributed by atoms with Crippen LogP contribution in [0.4, 0.5) is 10.8 Å². The third-order valence-corrected chi connectivity index (χ3v) is 5.16. The van der Waals surface area contributed by atoms with Gasteiger partial charge in [-0.25, -0.2) is 4.98 Å². The van der Waals surface area contributed by atoms with Gasteiger partial charge in [-0.05, 0) is 32.9 Å². The summed E-state index contributed by atoms with van der Waals surface area (Å²) in [5.74, 6) is -0.0219. The molecule has 1 N–H and O–H groups in total. The molecule has 0 fully saturated rings. The van der Waals surface area contributed by atoms with E-state index < -0.39 is 0 Å². The zero-order valence-electron chi connectivity index (χ0n) is 12.9. The van der Waals surface area contributed by atoms with Gasteiger partial charge in [-0.15, -0.1) is 0 Å². The molecule has 4 nitrogen and oxygen atoms in total. The Bertz CT molecular complexity index is 706. The number of benzene rings is 1. The Hall–Kier alpha value is -1.01. The number of aromatic nitrogens is 1. The second-order valence-corrected chi connectivity index (χ2v) is 7.03. The summed E-state index contributed by atoms with van der Waals surface area (Å²) >= 11 is 19.5. The number of amides is 1. The third kappa shape index (κ3) is 4.10. The average molecular weight is 393 g/mol. The minimum atomic E-state index is -0.0219. The van der Waals surface area contributed by atoms with Crippen molar-refractivity contribution in [2.45, 2.75) is 20.8 Å². The van der Waals surface area contributed by atoms with Crippen molar-refractivity contribution in [3.63, 3.8) is 0 Å². The number of rotatable bonds is 5. The van der Waals surface area contributed by atoms with Crippen molar-refractivity contribution in [2.24, 2.45) is 0 Å². The molecule has 0 aliphatic heterocycles. The van der Waals surface area contributed by atoms with E-state index in [1.54, 1.807) is 17.0 Å². The van der Waals surface area contributed by atoms with Crippen LogP contribution in [0.3, 0.4) is 0 Å². The summed E-state index contributed by atoms with van der Waals surface area (Å²) in [7, 11) is 0. The number of thiazole rings is 1. The van der Waals surface area contributed by atoms with Gasteiger partial charge in [0.15, 0.2) is 5.13 Å². The molecule has 1 heterocycles. The Morgan fingerprint density at radius 3 is 2.30 bits per heavy atom. The quantitative estimate of drug-likeness (QED) is 0.716. The molecular formula is C15H16Cl3N3OS. The number of aryl methyl sites for hydroxylation is 1. The van der Waals surface area contributed by atoms with Crippen LogP contribution in [-0.2, 0) is 0 Å². The van der Waals surface area contributed by atoms with Crippen LogP contribution >= 0.6 is 46.1 Å². The van der Waals surface area contributed by atoms with Crippen LogP contribution in [0.25, 0.3) is 0 Å². The van der Waals surface area contributed by atoms with Crippen LogP contribution in [-0.4, -0.2) is 28.9 Å². The first-order valence-electron chi connectivity index (χ1n) is 7.05. The molecule has 0 saturated heterocycles. The zero-order chi connectivity index (χ0) is 17.1. The molecule has 124 valence electrons. The van der Waals surface area contributed by atoms with Gasteiger partial charge in [0.25, 0.3) is 5.91 Å². The van der Waals surface area contributed by atoms with E-state index in [2.05, 4.69) is 10.3 Å². The summed E-state index contributed by atoms with van der Waals surface area (Å²) in [6, 6.07) is 3.19. The highest BCUT2D eigenvalue weighted by Crippen LogP contribution is 2.37. The zero-order valence-corrected chi connectivity index (χ0v) is 16.0. The highest BCUT2D eigenvalue weighted by molar-refractivity contribution is 7.17. The molecule has 0 saturated carbocycles. The van der Waals surface area contributed by atoms with Gasteiger partial charge in [0.05, 0.1) is 21.4 Å². The Morgan fingerprint density at radius 1 is 1.22 bits per heavy atom. The van der Waals surface area contributed by atoms with Crippen molar-refractivity contribution in [3.8, 4) is 0 Å². The van der Waals surface area contributed by atoms with Gasteiger partial charge >= 0.3 is 0 Å². The number of carbonyl (C=O) groups is 1. The predicted octanol–water partition coefficient (Wildman–Crippen LogP) is 5.64.